The lowest BCUT2D eigenvalue weighted by atomic mass is 10.0. The number of carbonyl (C=O) groups is 1. The van der Waals surface area contributed by atoms with Gasteiger partial charge in [0.25, 0.3) is 0 Å². The minimum absolute atomic E-state index is 0.311. The molecule has 3 aromatic rings. The molecule has 0 unspecified atom stereocenters. The molecule has 1 heterocycles. The smallest absolute Gasteiger partial charge is 0.342 e. The molecule has 0 atom stereocenters. The fourth-order valence-electron chi connectivity index (χ4n) is 2.49. The molecular formula is C21H17BrO3. The number of rotatable bonds is 5. The lowest BCUT2D eigenvalue weighted by Gasteiger charge is -2.04. The summed E-state index contributed by atoms with van der Waals surface area (Å²) in [5, 5.41) is 0. The van der Waals surface area contributed by atoms with E-state index >= 15 is 0 Å². The van der Waals surface area contributed by atoms with E-state index in [2.05, 4.69) is 15.9 Å². The molecule has 0 aliphatic heterocycles. The molecule has 4 heteroatoms. The molecule has 0 amide bonds. The number of furan rings is 1. The van der Waals surface area contributed by atoms with Gasteiger partial charge in [0, 0.05) is 10.0 Å². The third kappa shape index (κ3) is 4.09. The molecule has 0 spiro atoms. The Morgan fingerprint density at radius 1 is 1.08 bits per heavy atom. The van der Waals surface area contributed by atoms with Crippen molar-refractivity contribution < 1.29 is 13.9 Å². The maximum absolute atomic E-state index is 12.5. The van der Waals surface area contributed by atoms with Crippen molar-refractivity contribution in [1.29, 1.82) is 0 Å². The number of esters is 1. The van der Waals surface area contributed by atoms with Gasteiger partial charge in [-0.05, 0) is 36.3 Å². The normalized spacial score (nSPS) is 11.0. The first-order valence-electron chi connectivity index (χ1n) is 7.96. The molecule has 0 aliphatic carbocycles. The zero-order valence-corrected chi connectivity index (χ0v) is 15.3. The quantitative estimate of drug-likeness (QED) is 0.492. The lowest BCUT2D eigenvalue weighted by molar-refractivity contribution is 0.0526. The average molecular weight is 397 g/mol. The summed E-state index contributed by atoms with van der Waals surface area (Å²) in [6.45, 7) is 2.10. The first kappa shape index (κ1) is 17.2. The maximum Gasteiger partial charge on any atom is 0.342 e. The maximum atomic E-state index is 12.5. The van der Waals surface area contributed by atoms with E-state index in [-0.39, 0.29) is 5.97 Å². The van der Waals surface area contributed by atoms with Crippen LogP contribution in [-0.2, 0) is 4.74 Å². The third-order valence-corrected chi connectivity index (χ3v) is 4.21. The molecule has 126 valence electrons. The molecule has 0 bridgehead atoms. The predicted molar refractivity (Wildman–Crippen MR) is 103 cm³/mol. The standard InChI is InChI=1S/C21H17BrO3/c1-2-24-21(23)20-18(16-9-11-17(22)12-10-16)14-25-19(20)13-8-15-6-4-3-5-7-15/h3-14H,2H2,1H3/b13-8+. The van der Waals surface area contributed by atoms with Crippen LogP contribution in [0, 0.1) is 0 Å². The average Bonchev–Trinajstić information content (AvgIpc) is 3.06. The second-order valence-corrected chi connectivity index (χ2v) is 6.28. The van der Waals surface area contributed by atoms with E-state index in [9.17, 15) is 4.79 Å². The highest BCUT2D eigenvalue weighted by Gasteiger charge is 2.21. The van der Waals surface area contributed by atoms with Crippen molar-refractivity contribution in [3.63, 3.8) is 0 Å². The van der Waals surface area contributed by atoms with Gasteiger partial charge in [0.15, 0.2) is 0 Å². The summed E-state index contributed by atoms with van der Waals surface area (Å²) in [6, 6.07) is 17.6. The SMILES string of the molecule is CCOC(=O)c1c(-c2ccc(Br)cc2)coc1/C=C/c1ccccc1. The molecule has 2 aromatic carbocycles. The van der Waals surface area contributed by atoms with E-state index in [0.29, 0.717) is 17.9 Å². The summed E-state index contributed by atoms with van der Waals surface area (Å²) >= 11 is 3.42. The number of hydrogen-bond donors (Lipinski definition) is 0. The van der Waals surface area contributed by atoms with Crippen molar-refractivity contribution in [1.82, 2.24) is 0 Å². The van der Waals surface area contributed by atoms with Gasteiger partial charge in [-0.1, -0.05) is 64.5 Å². The van der Waals surface area contributed by atoms with Crippen LogP contribution in [-0.4, -0.2) is 12.6 Å². The van der Waals surface area contributed by atoms with Crippen LogP contribution >= 0.6 is 15.9 Å². The Labute approximate surface area is 155 Å². The van der Waals surface area contributed by atoms with E-state index < -0.39 is 0 Å². The molecule has 0 N–H and O–H groups in total. The second-order valence-electron chi connectivity index (χ2n) is 5.36. The molecule has 0 fully saturated rings. The van der Waals surface area contributed by atoms with Crippen LogP contribution in [0.3, 0.4) is 0 Å². The summed E-state index contributed by atoms with van der Waals surface area (Å²) in [5.74, 6) is 0.0992. The first-order chi connectivity index (χ1) is 12.2. The van der Waals surface area contributed by atoms with Gasteiger partial charge in [-0.3, -0.25) is 0 Å². The van der Waals surface area contributed by atoms with Gasteiger partial charge < -0.3 is 9.15 Å². The molecule has 3 rings (SSSR count). The minimum Gasteiger partial charge on any atom is -0.463 e. The third-order valence-electron chi connectivity index (χ3n) is 3.68. The zero-order chi connectivity index (χ0) is 17.6. The molecule has 0 radical (unpaired) electrons. The van der Waals surface area contributed by atoms with Crippen LogP contribution in [0.15, 0.2) is 69.8 Å². The number of halogens is 1. The number of benzene rings is 2. The van der Waals surface area contributed by atoms with E-state index in [1.165, 1.54) is 0 Å². The van der Waals surface area contributed by atoms with Gasteiger partial charge in [0.1, 0.15) is 11.3 Å². The summed E-state index contributed by atoms with van der Waals surface area (Å²) in [6.07, 6.45) is 5.30. The Kier molecular flexibility index (Phi) is 5.51. The van der Waals surface area contributed by atoms with Gasteiger partial charge in [-0.2, -0.15) is 0 Å². The summed E-state index contributed by atoms with van der Waals surface area (Å²) in [5.41, 5.74) is 3.09. The molecule has 0 saturated carbocycles. The van der Waals surface area contributed by atoms with E-state index in [1.54, 1.807) is 19.3 Å². The molecule has 25 heavy (non-hydrogen) atoms. The number of carbonyl (C=O) groups excluding carboxylic acids is 1. The van der Waals surface area contributed by atoms with Crippen LogP contribution in [0.4, 0.5) is 0 Å². The fraction of sp³-hybridized carbons (Fsp3) is 0.0952. The largest absolute Gasteiger partial charge is 0.463 e. The first-order valence-corrected chi connectivity index (χ1v) is 8.76. The van der Waals surface area contributed by atoms with Crippen molar-refractivity contribution in [2.75, 3.05) is 6.61 Å². The number of hydrogen-bond acceptors (Lipinski definition) is 3. The van der Waals surface area contributed by atoms with Gasteiger partial charge in [-0.15, -0.1) is 0 Å². The van der Waals surface area contributed by atoms with Crippen LogP contribution < -0.4 is 0 Å². The Balaban J connectivity index is 2.02. The van der Waals surface area contributed by atoms with E-state index in [1.807, 2.05) is 60.7 Å². The van der Waals surface area contributed by atoms with Gasteiger partial charge in [0.2, 0.25) is 0 Å². The van der Waals surface area contributed by atoms with Crippen molar-refractivity contribution >= 4 is 34.1 Å². The topological polar surface area (TPSA) is 39.4 Å². The van der Waals surface area contributed by atoms with Crippen molar-refractivity contribution in [2.24, 2.45) is 0 Å². The summed E-state index contributed by atoms with van der Waals surface area (Å²) in [4.78, 5) is 12.5. The van der Waals surface area contributed by atoms with E-state index in [4.69, 9.17) is 9.15 Å². The highest BCUT2D eigenvalue weighted by molar-refractivity contribution is 9.10. The zero-order valence-electron chi connectivity index (χ0n) is 13.7. The molecule has 3 nitrogen and oxygen atoms in total. The van der Waals surface area contributed by atoms with Crippen LogP contribution in [0.25, 0.3) is 23.3 Å². The molecule has 1 aromatic heterocycles. The molecular weight excluding hydrogens is 380 g/mol. The number of ether oxygens (including phenoxy) is 1. The van der Waals surface area contributed by atoms with Gasteiger partial charge in [0.05, 0.1) is 12.9 Å². The highest BCUT2D eigenvalue weighted by Crippen LogP contribution is 2.31. The summed E-state index contributed by atoms with van der Waals surface area (Å²) in [7, 11) is 0. The summed E-state index contributed by atoms with van der Waals surface area (Å²) < 4.78 is 11.9. The lowest BCUT2D eigenvalue weighted by Crippen LogP contribution is -2.06. The van der Waals surface area contributed by atoms with Crippen molar-refractivity contribution in [3.05, 3.63) is 82.2 Å². The highest BCUT2D eigenvalue weighted by atomic mass is 79.9. The van der Waals surface area contributed by atoms with Crippen molar-refractivity contribution in [2.45, 2.75) is 6.92 Å². The van der Waals surface area contributed by atoms with Crippen LogP contribution in [0.1, 0.15) is 28.6 Å². The Hall–Kier alpha value is -2.59. The van der Waals surface area contributed by atoms with E-state index in [0.717, 1.165) is 21.2 Å². The fourth-order valence-corrected chi connectivity index (χ4v) is 2.75. The van der Waals surface area contributed by atoms with Crippen LogP contribution in [0.2, 0.25) is 0 Å². The van der Waals surface area contributed by atoms with Crippen molar-refractivity contribution in [3.8, 4) is 11.1 Å². The predicted octanol–water partition coefficient (Wildman–Crippen LogP) is 6.06. The minimum atomic E-state index is -0.387. The molecule has 0 saturated heterocycles. The second kappa shape index (κ2) is 7.99. The Morgan fingerprint density at radius 3 is 2.48 bits per heavy atom. The Bertz CT molecular complexity index is 877. The monoisotopic (exact) mass is 396 g/mol. The van der Waals surface area contributed by atoms with Gasteiger partial charge >= 0.3 is 5.97 Å². The van der Waals surface area contributed by atoms with Gasteiger partial charge in [-0.25, -0.2) is 4.79 Å². The Morgan fingerprint density at radius 2 is 1.80 bits per heavy atom. The van der Waals surface area contributed by atoms with Crippen LogP contribution in [0.5, 0.6) is 0 Å². The molecule has 0 aliphatic rings.